The Morgan fingerprint density at radius 2 is 1.57 bits per heavy atom. The van der Waals surface area contributed by atoms with E-state index in [0.29, 0.717) is 16.8 Å². The van der Waals surface area contributed by atoms with E-state index < -0.39 is 0 Å². The molecule has 0 aromatic heterocycles. The smallest absolute Gasteiger partial charge is 0.271 e. The number of anilines is 1. The topological polar surface area (TPSA) is 90.8 Å². The molecule has 0 unspecified atom stereocenters. The molecule has 0 atom stereocenters. The maximum absolute atomic E-state index is 12.3. The Balaban J connectivity index is 1.59. The van der Waals surface area contributed by atoms with Crippen LogP contribution in [0, 0.1) is 6.92 Å². The summed E-state index contributed by atoms with van der Waals surface area (Å²) in [6.45, 7) is 1.88. The van der Waals surface area contributed by atoms with Crippen LogP contribution in [0.3, 0.4) is 0 Å². The van der Waals surface area contributed by atoms with Gasteiger partial charge in [0.1, 0.15) is 5.75 Å². The summed E-state index contributed by atoms with van der Waals surface area (Å²) >= 11 is 0. The molecule has 28 heavy (non-hydrogen) atoms. The third kappa shape index (κ3) is 4.82. The molecule has 6 heteroatoms. The van der Waals surface area contributed by atoms with E-state index in [-0.39, 0.29) is 17.6 Å². The Bertz CT molecular complexity index is 1010. The first-order valence-electron chi connectivity index (χ1n) is 8.62. The van der Waals surface area contributed by atoms with Gasteiger partial charge in [0.2, 0.25) is 0 Å². The van der Waals surface area contributed by atoms with E-state index >= 15 is 0 Å². The quantitative estimate of drug-likeness (QED) is 0.470. The molecule has 6 nitrogen and oxygen atoms in total. The van der Waals surface area contributed by atoms with Crippen molar-refractivity contribution in [1.29, 1.82) is 0 Å². The van der Waals surface area contributed by atoms with Gasteiger partial charge in [0.15, 0.2) is 0 Å². The zero-order valence-electron chi connectivity index (χ0n) is 15.2. The van der Waals surface area contributed by atoms with Crippen molar-refractivity contribution in [3.8, 4) is 5.75 Å². The van der Waals surface area contributed by atoms with Gasteiger partial charge in [0.25, 0.3) is 11.8 Å². The van der Waals surface area contributed by atoms with Crippen LogP contribution in [0.25, 0.3) is 0 Å². The third-order valence-electron chi connectivity index (χ3n) is 4.07. The predicted molar refractivity (Wildman–Crippen MR) is 109 cm³/mol. The molecule has 0 saturated heterocycles. The number of nitrogens with zero attached hydrogens (tertiary/aromatic N) is 1. The molecule has 3 aromatic rings. The fourth-order valence-electron chi connectivity index (χ4n) is 2.52. The van der Waals surface area contributed by atoms with Crippen LogP contribution in [0.1, 0.15) is 31.8 Å². The van der Waals surface area contributed by atoms with Gasteiger partial charge in [-0.1, -0.05) is 18.2 Å². The molecule has 0 spiro atoms. The number of phenolic OH excluding ortho intramolecular Hbond substituents is 1. The summed E-state index contributed by atoms with van der Waals surface area (Å²) in [6.07, 6.45) is 1.48. The van der Waals surface area contributed by atoms with E-state index in [4.69, 9.17) is 0 Å². The van der Waals surface area contributed by atoms with Crippen LogP contribution in [0.15, 0.2) is 77.9 Å². The number of hydrogen-bond acceptors (Lipinski definition) is 4. The number of rotatable bonds is 5. The Kier molecular flexibility index (Phi) is 5.81. The average molecular weight is 373 g/mol. The van der Waals surface area contributed by atoms with Crippen LogP contribution >= 0.6 is 0 Å². The highest BCUT2D eigenvalue weighted by atomic mass is 16.3. The largest absolute Gasteiger partial charge is 0.508 e. The molecule has 0 radical (unpaired) electrons. The van der Waals surface area contributed by atoms with Crippen molar-refractivity contribution in [3.63, 3.8) is 0 Å². The molecule has 0 fully saturated rings. The second-order valence-corrected chi connectivity index (χ2v) is 6.14. The zero-order chi connectivity index (χ0) is 19.9. The highest BCUT2D eigenvalue weighted by Crippen LogP contribution is 2.14. The van der Waals surface area contributed by atoms with Crippen molar-refractivity contribution in [2.45, 2.75) is 6.92 Å². The molecule has 3 aromatic carbocycles. The van der Waals surface area contributed by atoms with Crippen LogP contribution < -0.4 is 10.7 Å². The van der Waals surface area contributed by atoms with E-state index in [1.165, 1.54) is 18.3 Å². The first kappa shape index (κ1) is 18.8. The van der Waals surface area contributed by atoms with Gasteiger partial charge in [-0.2, -0.15) is 5.10 Å². The minimum atomic E-state index is -0.369. The summed E-state index contributed by atoms with van der Waals surface area (Å²) in [4.78, 5) is 24.5. The minimum Gasteiger partial charge on any atom is -0.508 e. The van der Waals surface area contributed by atoms with E-state index in [9.17, 15) is 14.7 Å². The summed E-state index contributed by atoms with van der Waals surface area (Å²) in [6, 6.07) is 20.3. The maximum Gasteiger partial charge on any atom is 0.271 e. The van der Waals surface area contributed by atoms with E-state index in [1.54, 1.807) is 42.5 Å². The number of benzene rings is 3. The van der Waals surface area contributed by atoms with Gasteiger partial charge in [0.05, 0.1) is 6.21 Å². The second-order valence-electron chi connectivity index (χ2n) is 6.14. The number of nitrogens with one attached hydrogen (secondary N) is 2. The van der Waals surface area contributed by atoms with Crippen molar-refractivity contribution < 1.29 is 14.7 Å². The molecule has 140 valence electrons. The number of hydrazone groups is 1. The summed E-state index contributed by atoms with van der Waals surface area (Å²) in [5, 5.41) is 15.9. The van der Waals surface area contributed by atoms with Crippen LogP contribution in [0.5, 0.6) is 5.75 Å². The van der Waals surface area contributed by atoms with Crippen molar-refractivity contribution in [3.05, 3.63) is 95.1 Å². The van der Waals surface area contributed by atoms with Crippen molar-refractivity contribution in [2.24, 2.45) is 5.10 Å². The molecular weight excluding hydrogens is 354 g/mol. The van der Waals surface area contributed by atoms with Gasteiger partial charge >= 0.3 is 0 Å². The van der Waals surface area contributed by atoms with Crippen LogP contribution in [0.4, 0.5) is 5.69 Å². The highest BCUT2D eigenvalue weighted by Gasteiger charge is 2.09. The predicted octanol–water partition coefficient (Wildman–Crippen LogP) is 3.72. The van der Waals surface area contributed by atoms with Crippen molar-refractivity contribution in [2.75, 3.05) is 5.32 Å². The van der Waals surface area contributed by atoms with Crippen LogP contribution in [0.2, 0.25) is 0 Å². The van der Waals surface area contributed by atoms with Gasteiger partial charge in [-0.15, -0.1) is 0 Å². The van der Waals surface area contributed by atoms with Crippen molar-refractivity contribution >= 4 is 23.7 Å². The Morgan fingerprint density at radius 3 is 2.25 bits per heavy atom. The van der Waals surface area contributed by atoms with E-state index in [1.807, 2.05) is 25.1 Å². The molecule has 0 saturated carbocycles. The van der Waals surface area contributed by atoms with Gasteiger partial charge in [0, 0.05) is 16.8 Å². The monoisotopic (exact) mass is 373 g/mol. The molecule has 3 rings (SSSR count). The van der Waals surface area contributed by atoms with Crippen LogP contribution in [-0.4, -0.2) is 23.1 Å². The molecule has 0 bridgehead atoms. The number of hydrogen-bond donors (Lipinski definition) is 3. The van der Waals surface area contributed by atoms with Crippen LogP contribution in [-0.2, 0) is 0 Å². The molecule has 0 heterocycles. The van der Waals surface area contributed by atoms with Gasteiger partial charge < -0.3 is 10.4 Å². The Hall–Kier alpha value is -3.93. The molecule has 0 aliphatic carbocycles. The molecule has 0 aliphatic heterocycles. The molecule has 3 N–H and O–H groups in total. The number of aromatic hydroxyl groups is 1. The number of phenols is 1. The lowest BCUT2D eigenvalue weighted by molar-refractivity contribution is 0.0954. The Labute approximate surface area is 162 Å². The van der Waals surface area contributed by atoms with E-state index in [0.717, 1.165) is 11.1 Å². The third-order valence-corrected chi connectivity index (χ3v) is 4.07. The summed E-state index contributed by atoms with van der Waals surface area (Å²) in [7, 11) is 0. The van der Waals surface area contributed by atoms with Crippen molar-refractivity contribution in [1.82, 2.24) is 5.43 Å². The number of carbonyl (C=O) groups excluding carboxylic acids is 2. The zero-order valence-corrected chi connectivity index (χ0v) is 15.2. The highest BCUT2D eigenvalue weighted by molar-refractivity contribution is 6.05. The minimum absolute atomic E-state index is 0.163. The molecule has 2 amide bonds. The SMILES string of the molecule is Cc1ccccc1C(=O)Nc1ccc(C(=O)NN=Cc2ccc(O)cc2)cc1. The standard InChI is InChI=1S/C22H19N3O3/c1-15-4-2-3-5-20(15)22(28)24-18-10-8-17(9-11-18)21(27)25-23-14-16-6-12-19(26)13-7-16/h2-14,26H,1H3,(H,24,28)(H,25,27). The van der Waals surface area contributed by atoms with E-state index in [2.05, 4.69) is 15.8 Å². The molecule has 0 aliphatic rings. The first-order chi connectivity index (χ1) is 13.5. The van der Waals surface area contributed by atoms with Gasteiger partial charge in [-0.25, -0.2) is 5.43 Å². The summed E-state index contributed by atoms with van der Waals surface area (Å²) < 4.78 is 0. The summed E-state index contributed by atoms with van der Waals surface area (Å²) in [5.41, 5.74) is 5.68. The average Bonchev–Trinajstić information content (AvgIpc) is 2.70. The number of aryl methyl sites for hydroxylation is 1. The lowest BCUT2D eigenvalue weighted by Crippen LogP contribution is -2.18. The summed E-state index contributed by atoms with van der Waals surface area (Å²) in [5.74, 6) is -0.406. The first-order valence-corrected chi connectivity index (χ1v) is 8.62. The van der Waals surface area contributed by atoms with Gasteiger partial charge in [-0.3, -0.25) is 9.59 Å². The molecular formula is C22H19N3O3. The number of carbonyl (C=O) groups is 2. The second kappa shape index (κ2) is 8.64. The normalized spacial score (nSPS) is 10.6. The number of amides is 2. The Morgan fingerprint density at radius 1 is 0.893 bits per heavy atom. The fourth-order valence-corrected chi connectivity index (χ4v) is 2.52. The fraction of sp³-hybridized carbons (Fsp3) is 0.0455. The maximum atomic E-state index is 12.3. The lowest BCUT2D eigenvalue weighted by atomic mass is 10.1. The lowest BCUT2D eigenvalue weighted by Gasteiger charge is -2.08. The van der Waals surface area contributed by atoms with Gasteiger partial charge in [-0.05, 0) is 72.6 Å².